The van der Waals surface area contributed by atoms with E-state index in [1.165, 1.54) is 69.9 Å². The Kier molecular flexibility index (Phi) is 7.19. The van der Waals surface area contributed by atoms with Gasteiger partial charge in [0, 0.05) is 37.4 Å². The van der Waals surface area contributed by atoms with E-state index >= 15 is 0 Å². The van der Waals surface area contributed by atoms with Crippen molar-refractivity contribution in [2.24, 2.45) is 0 Å². The quantitative estimate of drug-likeness (QED) is 0.176. The molecule has 1 aliphatic carbocycles. The minimum atomic E-state index is 0.651. The molecule has 0 fully saturated rings. The highest BCUT2D eigenvalue weighted by Gasteiger charge is 2.24. The fourth-order valence-electron chi connectivity index (χ4n) is 9.12. The Morgan fingerprint density at radius 1 is 0.456 bits per heavy atom. The van der Waals surface area contributed by atoms with Crippen LogP contribution in [-0.4, -0.2) is 19.1 Å². The largest absolute Gasteiger partial charge is 0.308 e. The molecule has 268 valence electrons. The fraction of sp³-hybridized carbons (Fsp3) is 0.0385. The van der Waals surface area contributed by atoms with Gasteiger partial charge in [-0.15, -0.1) is 11.3 Å². The van der Waals surface area contributed by atoms with Gasteiger partial charge in [-0.3, -0.25) is 4.57 Å². The molecule has 0 amide bonds. The van der Waals surface area contributed by atoms with Gasteiger partial charge >= 0.3 is 0 Å². The third-order valence-electron chi connectivity index (χ3n) is 11.6. The summed E-state index contributed by atoms with van der Waals surface area (Å²) in [6, 6.07) is 63.1. The Balaban J connectivity index is 1.07. The second-order valence-corrected chi connectivity index (χ2v) is 15.9. The van der Waals surface area contributed by atoms with Crippen LogP contribution in [0.15, 0.2) is 182 Å². The van der Waals surface area contributed by atoms with Gasteiger partial charge in [0.15, 0.2) is 0 Å². The zero-order valence-corrected chi connectivity index (χ0v) is 31.7. The normalized spacial score (nSPS) is 12.9. The van der Waals surface area contributed by atoms with E-state index in [2.05, 4.69) is 179 Å². The molecule has 0 spiro atoms. The summed E-state index contributed by atoms with van der Waals surface area (Å²) in [6.45, 7) is 0. The number of benzene rings is 7. The summed E-state index contributed by atoms with van der Waals surface area (Å²) in [7, 11) is 0. The van der Waals surface area contributed by atoms with Crippen LogP contribution in [0.3, 0.4) is 0 Å². The van der Waals surface area contributed by atoms with Gasteiger partial charge in [0.05, 0.1) is 44.0 Å². The molecule has 4 aromatic heterocycles. The summed E-state index contributed by atoms with van der Waals surface area (Å²) in [5.41, 5.74) is 13.7. The smallest absolute Gasteiger partial charge is 0.235 e. The summed E-state index contributed by atoms with van der Waals surface area (Å²) in [6.07, 6.45) is 4.56. The third kappa shape index (κ3) is 4.99. The monoisotopic (exact) mass is 746 g/mol. The van der Waals surface area contributed by atoms with Gasteiger partial charge in [0.1, 0.15) is 0 Å². The lowest BCUT2D eigenvalue weighted by atomic mass is 9.97. The summed E-state index contributed by atoms with van der Waals surface area (Å²) >= 11 is 1.92. The van der Waals surface area contributed by atoms with Crippen molar-refractivity contribution in [2.45, 2.75) is 12.8 Å². The van der Waals surface area contributed by atoms with E-state index in [0.29, 0.717) is 5.95 Å². The van der Waals surface area contributed by atoms with Crippen molar-refractivity contribution >= 4 is 70.7 Å². The molecule has 57 heavy (non-hydrogen) atoms. The first kappa shape index (κ1) is 32.2. The van der Waals surface area contributed by atoms with Crippen LogP contribution in [0.4, 0.5) is 0 Å². The maximum absolute atomic E-state index is 5.27. The van der Waals surface area contributed by atoms with Gasteiger partial charge in [-0.05, 0) is 77.4 Å². The summed E-state index contributed by atoms with van der Waals surface area (Å²) in [5.74, 6) is 0.651. The molecule has 11 aromatic rings. The number of aromatic nitrogens is 4. The molecule has 0 atom stereocenters. The maximum Gasteiger partial charge on any atom is 0.235 e. The number of rotatable bonds is 5. The lowest BCUT2D eigenvalue weighted by Gasteiger charge is -2.17. The van der Waals surface area contributed by atoms with Crippen molar-refractivity contribution in [2.75, 3.05) is 0 Å². The minimum absolute atomic E-state index is 0.651. The van der Waals surface area contributed by atoms with Gasteiger partial charge in [0.2, 0.25) is 5.95 Å². The van der Waals surface area contributed by atoms with Crippen molar-refractivity contribution < 1.29 is 0 Å². The van der Waals surface area contributed by atoms with Crippen LogP contribution in [0.2, 0.25) is 0 Å². The predicted octanol–water partition coefficient (Wildman–Crippen LogP) is 13.7. The van der Waals surface area contributed by atoms with Crippen molar-refractivity contribution in [3.8, 4) is 39.6 Å². The maximum atomic E-state index is 5.27. The van der Waals surface area contributed by atoms with Crippen molar-refractivity contribution in [1.29, 1.82) is 0 Å². The number of aryl methyl sites for hydroxylation is 1. The number of hydrogen-bond acceptors (Lipinski definition) is 3. The molecule has 4 heterocycles. The fourth-order valence-corrected chi connectivity index (χ4v) is 10.4. The van der Waals surface area contributed by atoms with Crippen LogP contribution in [0.5, 0.6) is 0 Å². The van der Waals surface area contributed by atoms with E-state index in [1.807, 2.05) is 23.5 Å². The van der Waals surface area contributed by atoms with Gasteiger partial charge in [0.25, 0.3) is 0 Å². The van der Waals surface area contributed by atoms with Crippen LogP contribution < -0.4 is 0 Å². The highest BCUT2D eigenvalue weighted by atomic mass is 32.1. The standard InChI is InChI=1S/C52H34N4S/c1-3-15-33(16-4-1)42-32-43(34-17-5-2-6-18-34)54-52(53-42)56-45-25-11-8-21-40(45)50-36(22-13-26-47(50)56)35-29-30-46-41(31-35)37-19-7-10-24-44(37)55(46)48-27-14-23-39-38-20-9-12-28-49(38)57-51(39)48/h1-13,15-22,24-32H,14,23H2. The molecular formula is C52H34N4S. The Bertz CT molecular complexity index is 3350. The minimum Gasteiger partial charge on any atom is -0.308 e. The second-order valence-electron chi connectivity index (χ2n) is 14.8. The van der Waals surface area contributed by atoms with E-state index in [-0.39, 0.29) is 0 Å². The van der Waals surface area contributed by atoms with E-state index in [0.717, 1.165) is 46.4 Å². The molecule has 0 aliphatic heterocycles. The lowest BCUT2D eigenvalue weighted by molar-refractivity contribution is 0.978. The molecule has 0 bridgehead atoms. The number of nitrogens with zero attached hydrogens (tertiary/aromatic N) is 4. The van der Waals surface area contributed by atoms with Crippen molar-refractivity contribution in [3.05, 3.63) is 192 Å². The van der Waals surface area contributed by atoms with Crippen molar-refractivity contribution in [3.63, 3.8) is 0 Å². The van der Waals surface area contributed by atoms with Crippen LogP contribution in [0, 0.1) is 0 Å². The molecular weight excluding hydrogens is 713 g/mol. The van der Waals surface area contributed by atoms with Gasteiger partial charge in [-0.1, -0.05) is 140 Å². The number of thiophene rings is 1. The molecule has 12 rings (SSSR count). The van der Waals surface area contributed by atoms with Gasteiger partial charge in [-0.2, -0.15) is 0 Å². The highest BCUT2D eigenvalue weighted by molar-refractivity contribution is 7.20. The van der Waals surface area contributed by atoms with E-state index in [9.17, 15) is 0 Å². The molecule has 4 nitrogen and oxygen atoms in total. The summed E-state index contributed by atoms with van der Waals surface area (Å²) < 4.78 is 6.12. The summed E-state index contributed by atoms with van der Waals surface area (Å²) in [4.78, 5) is 11.9. The third-order valence-corrected chi connectivity index (χ3v) is 12.9. The van der Waals surface area contributed by atoms with Gasteiger partial charge in [-0.25, -0.2) is 9.97 Å². The summed E-state index contributed by atoms with van der Waals surface area (Å²) in [5, 5.41) is 6.27. The first-order chi connectivity index (χ1) is 28.3. The molecule has 0 saturated heterocycles. The molecule has 0 unspecified atom stereocenters. The Labute approximate surface area is 333 Å². The topological polar surface area (TPSA) is 35.6 Å². The number of allylic oxidation sites excluding steroid dienone is 1. The molecule has 5 heteroatoms. The van der Waals surface area contributed by atoms with Crippen LogP contribution >= 0.6 is 11.3 Å². The van der Waals surface area contributed by atoms with E-state index in [1.54, 1.807) is 0 Å². The zero-order chi connectivity index (χ0) is 37.5. The molecule has 1 aliphatic rings. The van der Waals surface area contributed by atoms with E-state index in [4.69, 9.17) is 9.97 Å². The Morgan fingerprint density at radius 2 is 1.07 bits per heavy atom. The van der Waals surface area contributed by atoms with Crippen LogP contribution in [-0.2, 0) is 6.42 Å². The number of hydrogen-bond donors (Lipinski definition) is 0. The molecule has 7 aromatic carbocycles. The average molecular weight is 747 g/mol. The second kappa shape index (κ2) is 12.7. The Hall–Kier alpha value is -7.08. The molecule has 0 radical (unpaired) electrons. The zero-order valence-electron chi connectivity index (χ0n) is 30.9. The predicted molar refractivity (Wildman–Crippen MR) is 239 cm³/mol. The Morgan fingerprint density at radius 3 is 1.82 bits per heavy atom. The average Bonchev–Trinajstić information content (AvgIpc) is 3.95. The van der Waals surface area contributed by atoms with Crippen LogP contribution in [0.1, 0.15) is 16.9 Å². The first-order valence-corrected chi connectivity index (χ1v) is 20.4. The number of para-hydroxylation sites is 2. The molecule has 0 saturated carbocycles. The number of fused-ring (bicyclic) bond motifs is 9. The van der Waals surface area contributed by atoms with E-state index < -0.39 is 0 Å². The van der Waals surface area contributed by atoms with Crippen molar-refractivity contribution in [1.82, 2.24) is 19.1 Å². The SMILES string of the molecule is C1=C(n2c3ccccc3c3cc(-c4cccc5c4c4ccccc4n5-c4nc(-c5ccccc5)cc(-c5ccccc5)n4)ccc32)c2sc3ccccc3c2CC1. The lowest BCUT2D eigenvalue weighted by Crippen LogP contribution is -2.04. The molecule has 0 N–H and O–H groups in total. The van der Waals surface area contributed by atoms with Gasteiger partial charge < -0.3 is 4.57 Å². The highest BCUT2D eigenvalue weighted by Crippen LogP contribution is 2.45. The first-order valence-electron chi connectivity index (χ1n) is 19.6. The van der Waals surface area contributed by atoms with Crippen LogP contribution in [0.25, 0.3) is 99.0 Å².